The van der Waals surface area contributed by atoms with Crippen molar-refractivity contribution in [2.75, 3.05) is 13.2 Å². The predicted octanol–water partition coefficient (Wildman–Crippen LogP) is 1.90. The molecule has 0 radical (unpaired) electrons. The second-order valence-electron chi connectivity index (χ2n) is 14.1. The quantitative estimate of drug-likeness (QED) is 0.0238. The normalized spacial score (nSPS) is 25.1. The smallest absolute Gasteiger partial charge is 0.306 e. The van der Waals surface area contributed by atoms with Gasteiger partial charge >= 0.3 is 17.9 Å². The summed E-state index contributed by atoms with van der Waals surface area (Å²) in [6.07, 6.45) is -14.6. The lowest BCUT2D eigenvalue weighted by Crippen LogP contribution is -2.74. The van der Waals surface area contributed by atoms with Gasteiger partial charge < -0.3 is 64.2 Å². The van der Waals surface area contributed by atoms with Crippen molar-refractivity contribution in [2.45, 2.75) is 204 Å². The van der Waals surface area contributed by atoms with Gasteiger partial charge in [-0.25, -0.2) is 0 Å². The molecule has 0 bridgehead atoms. The lowest BCUT2D eigenvalue weighted by Gasteiger charge is -2.52. The zero-order valence-corrected chi connectivity index (χ0v) is 32.5. The van der Waals surface area contributed by atoms with Crippen LogP contribution in [-0.2, 0) is 42.9 Å². The minimum absolute atomic E-state index is 0.00218. The van der Waals surface area contributed by atoms with E-state index in [0.29, 0.717) is 44.9 Å². The van der Waals surface area contributed by atoms with Crippen molar-refractivity contribution in [1.82, 2.24) is 0 Å². The second kappa shape index (κ2) is 27.3. The summed E-state index contributed by atoms with van der Waals surface area (Å²) in [5.74, 6) is -5.67. The molecule has 0 saturated carbocycles. The maximum atomic E-state index is 13.4. The van der Waals surface area contributed by atoms with E-state index in [1.54, 1.807) is 0 Å². The number of rotatable bonds is 30. The molecule has 0 aromatic heterocycles. The standard InChI is InChI=1S/C38H68O16/c1-5-9-13-17-18-25(22-39)51-37-35(53-30(44)21-16-12-8-4)34(52-29(43)20-15-11-7-3)27(24-50-28(42)19-14-10-6-2)54-38(37,49)36(48)33(47)32(46)31(45)26(41)23-40/h22,25-27,31-37,40-41,45-49H,5-21,23-24H2,1-4H3/t25?,26-,27-,31-,32+,33+,34-,35+,36?,37+,38?/m1/s1/i22D. The average Bonchev–Trinajstić information content (AvgIpc) is 3.15. The van der Waals surface area contributed by atoms with Crippen molar-refractivity contribution in [3.63, 3.8) is 0 Å². The minimum atomic E-state index is -3.32. The third-order valence-corrected chi connectivity index (χ3v) is 9.42. The van der Waals surface area contributed by atoms with Gasteiger partial charge in [-0.1, -0.05) is 91.9 Å². The lowest BCUT2D eigenvalue weighted by molar-refractivity contribution is -0.395. The zero-order chi connectivity index (χ0) is 41.6. The maximum Gasteiger partial charge on any atom is 0.306 e. The summed E-state index contributed by atoms with van der Waals surface area (Å²) >= 11 is 0. The number of aldehydes is 1. The first-order valence-electron chi connectivity index (χ1n) is 20.2. The molecule has 1 saturated heterocycles. The number of hydrogen-bond acceptors (Lipinski definition) is 16. The van der Waals surface area contributed by atoms with E-state index in [1.807, 2.05) is 27.7 Å². The highest BCUT2D eigenvalue weighted by Crippen LogP contribution is 2.39. The van der Waals surface area contributed by atoms with Gasteiger partial charge in [-0.3, -0.25) is 14.4 Å². The van der Waals surface area contributed by atoms with Crippen molar-refractivity contribution < 1.29 is 80.0 Å². The molecule has 1 rings (SSSR count). The molecule has 0 aromatic rings. The fraction of sp³-hybridized carbons (Fsp3) is 0.895. The van der Waals surface area contributed by atoms with E-state index in [2.05, 4.69) is 0 Å². The zero-order valence-electron chi connectivity index (χ0n) is 33.5. The number of ether oxygens (including phenoxy) is 5. The molecule has 16 nitrogen and oxygen atoms in total. The fourth-order valence-electron chi connectivity index (χ4n) is 6.09. The number of hydrogen-bond donors (Lipinski definition) is 7. The van der Waals surface area contributed by atoms with Crippen LogP contribution in [-0.4, -0.2) is 140 Å². The first kappa shape index (κ1) is 47.9. The number of carbonyl (C=O) groups is 4. The van der Waals surface area contributed by atoms with Crippen LogP contribution in [0.4, 0.5) is 0 Å². The monoisotopic (exact) mass is 781 g/mol. The Morgan fingerprint density at radius 2 is 1.22 bits per heavy atom. The Kier molecular flexibility index (Phi) is 24.2. The molecule has 7 N–H and O–H groups in total. The molecule has 1 fully saturated rings. The molecule has 0 amide bonds. The summed E-state index contributed by atoms with van der Waals surface area (Å²) in [7, 11) is 0. The lowest BCUT2D eigenvalue weighted by atomic mass is 9.84. The Bertz CT molecular complexity index is 1110. The summed E-state index contributed by atoms with van der Waals surface area (Å²) < 4.78 is 37.0. The van der Waals surface area contributed by atoms with E-state index in [-0.39, 0.29) is 25.7 Å². The fourth-order valence-corrected chi connectivity index (χ4v) is 6.09. The highest BCUT2D eigenvalue weighted by Gasteiger charge is 2.64. The Labute approximate surface area is 320 Å². The SMILES string of the molecule is [2H]C(=O)C(CCCCCC)O[C@H]1[C@@H](OC(=O)CCCCC)[C@H](OC(=O)CCCCC)[C@@H](COC(=O)CCCCC)OC1(O)C(O)[C@@H](O)[C@@H](O)[C@H](O)[C@H](O)CO. The summed E-state index contributed by atoms with van der Waals surface area (Å²) in [5.41, 5.74) is 0. The Morgan fingerprint density at radius 1 is 0.722 bits per heavy atom. The summed E-state index contributed by atoms with van der Waals surface area (Å²) in [6.45, 7) is 5.93. The van der Waals surface area contributed by atoms with E-state index < -0.39 is 104 Å². The van der Waals surface area contributed by atoms with Crippen LogP contribution in [0.5, 0.6) is 0 Å². The molecule has 316 valence electrons. The van der Waals surface area contributed by atoms with Crippen LogP contribution >= 0.6 is 0 Å². The number of carbonyl (C=O) groups excluding carboxylic acids is 4. The third kappa shape index (κ3) is 16.4. The first-order valence-corrected chi connectivity index (χ1v) is 19.7. The van der Waals surface area contributed by atoms with Gasteiger partial charge in [0, 0.05) is 19.3 Å². The van der Waals surface area contributed by atoms with Crippen LogP contribution in [0, 0.1) is 0 Å². The van der Waals surface area contributed by atoms with Gasteiger partial charge in [0.15, 0.2) is 18.3 Å². The number of aliphatic hydroxyl groups excluding tert-OH is 6. The molecule has 3 unspecified atom stereocenters. The topological polar surface area (TPSA) is 256 Å². The van der Waals surface area contributed by atoms with Crippen LogP contribution in [0.15, 0.2) is 0 Å². The van der Waals surface area contributed by atoms with Crippen molar-refractivity contribution in [3.8, 4) is 0 Å². The van der Waals surface area contributed by atoms with Gasteiger partial charge in [-0.15, -0.1) is 0 Å². The van der Waals surface area contributed by atoms with Crippen LogP contribution in [0.25, 0.3) is 0 Å². The van der Waals surface area contributed by atoms with Crippen LogP contribution in [0.1, 0.15) is 138 Å². The van der Waals surface area contributed by atoms with Crippen LogP contribution < -0.4 is 0 Å². The summed E-state index contributed by atoms with van der Waals surface area (Å²) in [5, 5.41) is 75.4. The van der Waals surface area contributed by atoms with E-state index in [9.17, 15) is 54.9 Å². The van der Waals surface area contributed by atoms with Gasteiger partial charge in [0.05, 0.1) is 6.61 Å². The van der Waals surface area contributed by atoms with E-state index in [4.69, 9.17) is 25.1 Å². The molecule has 54 heavy (non-hydrogen) atoms. The molecule has 0 spiro atoms. The highest BCUT2D eigenvalue weighted by molar-refractivity contribution is 5.71. The molecular formula is C38H68O16. The Morgan fingerprint density at radius 3 is 1.72 bits per heavy atom. The number of esters is 3. The third-order valence-electron chi connectivity index (χ3n) is 9.42. The molecular weight excluding hydrogens is 712 g/mol. The van der Waals surface area contributed by atoms with Crippen LogP contribution in [0.2, 0.25) is 0 Å². The minimum Gasteiger partial charge on any atom is -0.463 e. The second-order valence-corrected chi connectivity index (χ2v) is 14.1. The molecule has 0 aliphatic carbocycles. The Hall–Kier alpha value is -2.28. The van der Waals surface area contributed by atoms with Gasteiger partial charge in [0.1, 0.15) is 57.0 Å². The van der Waals surface area contributed by atoms with Crippen molar-refractivity contribution in [3.05, 3.63) is 0 Å². The molecule has 0 aromatic carbocycles. The van der Waals surface area contributed by atoms with Crippen LogP contribution in [0.3, 0.4) is 0 Å². The van der Waals surface area contributed by atoms with Gasteiger partial charge in [-0.05, 0) is 25.7 Å². The summed E-state index contributed by atoms with van der Waals surface area (Å²) in [4.78, 5) is 52.1. The van der Waals surface area contributed by atoms with Gasteiger partial charge in [0.2, 0.25) is 5.79 Å². The Balaban J connectivity index is 3.94. The highest BCUT2D eigenvalue weighted by atomic mass is 16.7. The molecule has 1 aliphatic heterocycles. The molecule has 11 atom stereocenters. The van der Waals surface area contributed by atoms with Crippen molar-refractivity contribution in [2.24, 2.45) is 0 Å². The van der Waals surface area contributed by atoms with Crippen molar-refractivity contribution in [1.29, 1.82) is 0 Å². The summed E-state index contributed by atoms with van der Waals surface area (Å²) in [6, 6.07) is 0. The predicted molar refractivity (Wildman–Crippen MR) is 194 cm³/mol. The average molecular weight is 782 g/mol. The van der Waals surface area contributed by atoms with Crippen molar-refractivity contribution >= 4 is 24.2 Å². The first-order chi connectivity index (χ1) is 26.1. The van der Waals surface area contributed by atoms with Gasteiger partial charge in [0.25, 0.3) is 0 Å². The van der Waals surface area contributed by atoms with E-state index in [1.165, 1.54) is 0 Å². The largest absolute Gasteiger partial charge is 0.463 e. The number of unbranched alkanes of at least 4 members (excludes halogenated alkanes) is 9. The molecule has 16 heteroatoms. The molecule has 1 heterocycles. The van der Waals surface area contributed by atoms with E-state index >= 15 is 0 Å². The maximum absolute atomic E-state index is 13.4. The molecule has 1 aliphatic rings. The van der Waals surface area contributed by atoms with Gasteiger partial charge in [-0.2, -0.15) is 0 Å². The number of aliphatic hydroxyl groups is 7. The van der Waals surface area contributed by atoms with E-state index in [0.717, 1.165) is 38.5 Å².